The van der Waals surface area contributed by atoms with Gasteiger partial charge in [0.15, 0.2) is 0 Å². The van der Waals surface area contributed by atoms with Crippen LogP contribution in [0.3, 0.4) is 0 Å². The lowest BCUT2D eigenvalue weighted by Gasteiger charge is -1.94. The predicted molar refractivity (Wildman–Crippen MR) is 47.9 cm³/mol. The van der Waals surface area contributed by atoms with Crippen molar-refractivity contribution in [1.82, 2.24) is 15.0 Å². The van der Waals surface area contributed by atoms with Crippen LogP contribution in [0.4, 0.5) is 0 Å². The molecule has 0 N–H and O–H groups in total. The smallest absolute Gasteiger partial charge is 0.116 e. The summed E-state index contributed by atoms with van der Waals surface area (Å²) in [5, 5.41) is 0. The number of aryl methyl sites for hydroxylation is 1. The van der Waals surface area contributed by atoms with Crippen LogP contribution in [0.2, 0.25) is 0 Å². The molecule has 0 fully saturated rings. The van der Waals surface area contributed by atoms with E-state index in [0.717, 1.165) is 16.3 Å². The maximum atomic E-state index is 4.14. The Balaban J connectivity index is 2.48. The Morgan fingerprint density at radius 2 is 2.25 bits per heavy atom. The van der Waals surface area contributed by atoms with Gasteiger partial charge in [0, 0.05) is 11.9 Å². The Hall–Kier alpha value is -1.29. The van der Waals surface area contributed by atoms with Crippen LogP contribution in [0.5, 0.6) is 0 Å². The van der Waals surface area contributed by atoms with Crippen molar-refractivity contribution in [2.24, 2.45) is 0 Å². The quantitative estimate of drug-likeness (QED) is 0.667. The monoisotopic (exact) mass is 177 g/mol. The van der Waals surface area contributed by atoms with Gasteiger partial charge in [-0.25, -0.2) is 9.97 Å². The van der Waals surface area contributed by atoms with Crippen LogP contribution >= 0.6 is 11.3 Å². The van der Waals surface area contributed by atoms with Gasteiger partial charge in [-0.1, -0.05) is 0 Å². The average Bonchev–Trinajstić information content (AvgIpc) is 2.56. The van der Waals surface area contributed by atoms with E-state index in [1.807, 2.05) is 19.2 Å². The van der Waals surface area contributed by atoms with Crippen LogP contribution < -0.4 is 0 Å². The molecular weight excluding hydrogens is 170 g/mol. The average molecular weight is 177 g/mol. The molecular formula is C8H7N3S. The van der Waals surface area contributed by atoms with E-state index in [-0.39, 0.29) is 0 Å². The standard InChI is InChI=1S/C8H7N3S/c1-6-2-7(11-4-10-6)8-3-9-5-12-8/h2-5H,1H3. The lowest BCUT2D eigenvalue weighted by molar-refractivity contribution is 1.11. The van der Waals surface area contributed by atoms with E-state index in [1.54, 1.807) is 23.2 Å². The Morgan fingerprint density at radius 1 is 1.33 bits per heavy atom. The second-order valence-electron chi connectivity index (χ2n) is 2.41. The first-order valence-corrected chi connectivity index (χ1v) is 4.42. The summed E-state index contributed by atoms with van der Waals surface area (Å²) >= 11 is 1.58. The number of nitrogens with zero attached hydrogens (tertiary/aromatic N) is 3. The number of hydrogen-bond donors (Lipinski definition) is 0. The Labute approximate surface area is 74.2 Å². The van der Waals surface area contributed by atoms with Gasteiger partial charge < -0.3 is 0 Å². The summed E-state index contributed by atoms with van der Waals surface area (Å²) in [5.74, 6) is 0. The second-order valence-corrected chi connectivity index (χ2v) is 3.30. The Kier molecular flexibility index (Phi) is 1.83. The maximum absolute atomic E-state index is 4.14. The van der Waals surface area contributed by atoms with E-state index in [4.69, 9.17) is 0 Å². The molecule has 0 aliphatic carbocycles. The van der Waals surface area contributed by atoms with E-state index >= 15 is 0 Å². The largest absolute Gasteiger partial charge is 0.252 e. The summed E-state index contributed by atoms with van der Waals surface area (Å²) in [6.45, 7) is 1.95. The van der Waals surface area contributed by atoms with Crippen molar-refractivity contribution in [2.45, 2.75) is 6.92 Å². The number of rotatable bonds is 1. The molecule has 0 saturated carbocycles. The van der Waals surface area contributed by atoms with Crippen LogP contribution in [-0.2, 0) is 0 Å². The van der Waals surface area contributed by atoms with Gasteiger partial charge in [-0.05, 0) is 13.0 Å². The molecule has 0 bridgehead atoms. The molecule has 4 heteroatoms. The summed E-state index contributed by atoms with van der Waals surface area (Å²) in [6, 6.07) is 1.95. The van der Waals surface area contributed by atoms with Crippen molar-refractivity contribution >= 4 is 11.3 Å². The Morgan fingerprint density at radius 3 is 2.92 bits per heavy atom. The first-order chi connectivity index (χ1) is 5.86. The van der Waals surface area contributed by atoms with Gasteiger partial charge in [-0.2, -0.15) is 0 Å². The van der Waals surface area contributed by atoms with Gasteiger partial charge in [0.05, 0.1) is 16.1 Å². The molecule has 2 heterocycles. The molecule has 3 nitrogen and oxygen atoms in total. The molecule has 0 amide bonds. The molecule has 0 unspecified atom stereocenters. The van der Waals surface area contributed by atoms with Crippen molar-refractivity contribution in [1.29, 1.82) is 0 Å². The minimum atomic E-state index is 0.949. The Bertz CT molecular complexity index is 370. The maximum Gasteiger partial charge on any atom is 0.116 e. The third-order valence-electron chi connectivity index (χ3n) is 1.49. The van der Waals surface area contributed by atoms with Gasteiger partial charge in [0.2, 0.25) is 0 Å². The summed E-state index contributed by atoms with van der Waals surface area (Å²) in [5.41, 5.74) is 3.73. The van der Waals surface area contributed by atoms with E-state index in [2.05, 4.69) is 15.0 Å². The highest BCUT2D eigenvalue weighted by Gasteiger charge is 1.99. The van der Waals surface area contributed by atoms with Crippen molar-refractivity contribution in [3.63, 3.8) is 0 Å². The molecule has 0 aliphatic heterocycles. The minimum absolute atomic E-state index is 0.949. The SMILES string of the molecule is Cc1cc(-c2cncs2)ncn1. The van der Waals surface area contributed by atoms with Gasteiger partial charge in [0.25, 0.3) is 0 Å². The number of aromatic nitrogens is 3. The topological polar surface area (TPSA) is 38.7 Å². The molecule has 0 spiro atoms. The molecule has 2 aromatic heterocycles. The molecule has 0 atom stereocenters. The molecule has 60 valence electrons. The summed E-state index contributed by atoms with van der Waals surface area (Å²) in [6.07, 6.45) is 3.39. The summed E-state index contributed by atoms with van der Waals surface area (Å²) < 4.78 is 0. The van der Waals surface area contributed by atoms with Crippen molar-refractivity contribution < 1.29 is 0 Å². The van der Waals surface area contributed by atoms with Gasteiger partial charge in [0.1, 0.15) is 6.33 Å². The molecule has 0 radical (unpaired) electrons. The summed E-state index contributed by atoms with van der Waals surface area (Å²) in [7, 11) is 0. The highest BCUT2D eigenvalue weighted by molar-refractivity contribution is 7.13. The lowest BCUT2D eigenvalue weighted by atomic mass is 10.3. The molecule has 0 aromatic carbocycles. The molecule has 12 heavy (non-hydrogen) atoms. The van der Waals surface area contributed by atoms with E-state index in [0.29, 0.717) is 0 Å². The zero-order valence-corrected chi connectivity index (χ0v) is 7.38. The van der Waals surface area contributed by atoms with Gasteiger partial charge in [-0.3, -0.25) is 4.98 Å². The van der Waals surface area contributed by atoms with Crippen LogP contribution in [-0.4, -0.2) is 15.0 Å². The fraction of sp³-hybridized carbons (Fsp3) is 0.125. The van der Waals surface area contributed by atoms with E-state index < -0.39 is 0 Å². The summed E-state index contributed by atoms with van der Waals surface area (Å²) in [4.78, 5) is 13.2. The number of hydrogen-bond acceptors (Lipinski definition) is 4. The number of thiazole rings is 1. The first kappa shape index (κ1) is 7.36. The second kappa shape index (κ2) is 2.98. The van der Waals surface area contributed by atoms with Crippen molar-refractivity contribution in [3.8, 4) is 10.6 Å². The predicted octanol–water partition coefficient (Wildman–Crippen LogP) is 1.91. The first-order valence-electron chi connectivity index (χ1n) is 3.54. The molecule has 0 aliphatic rings. The van der Waals surface area contributed by atoms with Crippen LogP contribution in [0.1, 0.15) is 5.69 Å². The van der Waals surface area contributed by atoms with Gasteiger partial charge >= 0.3 is 0 Å². The van der Waals surface area contributed by atoms with Crippen LogP contribution in [0.15, 0.2) is 24.1 Å². The van der Waals surface area contributed by atoms with Crippen LogP contribution in [0, 0.1) is 6.92 Å². The van der Waals surface area contributed by atoms with Crippen LogP contribution in [0.25, 0.3) is 10.6 Å². The van der Waals surface area contributed by atoms with Crippen molar-refractivity contribution in [2.75, 3.05) is 0 Å². The molecule has 0 saturated heterocycles. The zero-order valence-electron chi connectivity index (χ0n) is 6.56. The van der Waals surface area contributed by atoms with E-state index in [1.165, 1.54) is 0 Å². The fourth-order valence-electron chi connectivity index (χ4n) is 0.932. The van der Waals surface area contributed by atoms with Gasteiger partial charge in [-0.15, -0.1) is 11.3 Å². The highest BCUT2D eigenvalue weighted by Crippen LogP contribution is 2.20. The highest BCUT2D eigenvalue weighted by atomic mass is 32.1. The normalized spacial score (nSPS) is 10.1. The van der Waals surface area contributed by atoms with E-state index in [9.17, 15) is 0 Å². The zero-order chi connectivity index (χ0) is 8.39. The molecule has 2 aromatic rings. The third-order valence-corrected chi connectivity index (χ3v) is 2.28. The fourth-order valence-corrected chi connectivity index (χ4v) is 1.52. The van der Waals surface area contributed by atoms with Crippen molar-refractivity contribution in [3.05, 3.63) is 29.8 Å². The lowest BCUT2D eigenvalue weighted by Crippen LogP contribution is -1.85. The molecule has 2 rings (SSSR count). The third kappa shape index (κ3) is 1.33. The minimum Gasteiger partial charge on any atom is -0.252 e.